The first kappa shape index (κ1) is 25.3. The summed E-state index contributed by atoms with van der Waals surface area (Å²) in [5.41, 5.74) is 1.33. The van der Waals surface area contributed by atoms with Crippen LogP contribution in [0.2, 0.25) is 0 Å². The molecule has 0 aliphatic heterocycles. The lowest BCUT2D eigenvalue weighted by Crippen LogP contribution is -2.42. The van der Waals surface area contributed by atoms with Crippen molar-refractivity contribution in [1.82, 2.24) is 20.1 Å². The minimum atomic E-state index is -5.74. The number of carbonyl (C=O) groups is 1. The summed E-state index contributed by atoms with van der Waals surface area (Å²) in [7, 11) is 1.26. The van der Waals surface area contributed by atoms with Gasteiger partial charge in [-0.25, -0.2) is 9.67 Å². The summed E-state index contributed by atoms with van der Waals surface area (Å²) >= 11 is 0. The Morgan fingerprint density at radius 2 is 1.81 bits per heavy atom. The number of rotatable bonds is 9. The van der Waals surface area contributed by atoms with E-state index in [2.05, 4.69) is 39.3 Å². The van der Waals surface area contributed by atoms with Crippen molar-refractivity contribution in [3.63, 3.8) is 0 Å². The maximum atomic E-state index is 13.1. The first-order valence-electron chi connectivity index (χ1n) is 9.84. The molecule has 0 saturated carbocycles. The van der Waals surface area contributed by atoms with Gasteiger partial charge in [0.2, 0.25) is 5.88 Å². The van der Waals surface area contributed by atoms with E-state index in [1.165, 1.54) is 7.05 Å². The Bertz CT molecular complexity index is 943. The molecule has 2 rings (SSSR count). The fraction of sp³-hybridized carbons (Fsp3) is 0.550. The van der Waals surface area contributed by atoms with Gasteiger partial charge in [-0.1, -0.05) is 13.8 Å². The highest BCUT2D eigenvalue weighted by Gasteiger charge is 2.58. The summed E-state index contributed by atoms with van der Waals surface area (Å²) in [6.07, 6.45) is -5.74. The number of aryl methyl sites for hydroxylation is 2. The molecule has 12 heteroatoms. The minimum Gasteiger partial charge on any atom is -0.471 e. The van der Waals surface area contributed by atoms with Gasteiger partial charge in [-0.05, 0) is 37.5 Å². The number of anilines is 1. The maximum absolute atomic E-state index is 13.1. The number of halogens is 5. The predicted molar refractivity (Wildman–Crippen MR) is 108 cm³/mol. The molecule has 0 aliphatic rings. The van der Waals surface area contributed by atoms with Gasteiger partial charge in [0.15, 0.2) is 12.3 Å². The molecule has 7 nitrogen and oxygen atoms in total. The lowest BCUT2D eigenvalue weighted by molar-refractivity contribution is -0.290. The molecule has 0 radical (unpaired) electrons. The van der Waals surface area contributed by atoms with Crippen LogP contribution in [0.15, 0.2) is 18.2 Å². The van der Waals surface area contributed by atoms with Gasteiger partial charge in [-0.3, -0.25) is 4.79 Å². The van der Waals surface area contributed by atoms with Crippen molar-refractivity contribution in [1.29, 1.82) is 0 Å². The number of carbonyl (C=O) groups excluding carboxylic acids is 1. The molecule has 0 aromatic carbocycles. The number of ether oxygens (including phenoxy) is 1. The Hall–Kier alpha value is -2.92. The zero-order valence-corrected chi connectivity index (χ0v) is 18.3. The van der Waals surface area contributed by atoms with Gasteiger partial charge in [0, 0.05) is 25.4 Å². The molecule has 1 unspecified atom stereocenters. The molecule has 2 aromatic heterocycles. The number of alkyl halides is 5. The van der Waals surface area contributed by atoms with Crippen LogP contribution < -0.4 is 15.4 Å². The normalized spacial score (nSPS) is 13.2. The van der Waals surface area contributed by atoms with Gasteiger partial charge < -0.3 is 15.4 Å². The van der Waals surface area contributed by atoms with Crippen molar-refractivity contribution >= 4 is 11.7 Å². The summed E-state index contributed by atoms with van der Waals surface area (Å²) in [6.45, 7) is 6.47. The Morgan fingerprint density at radius 3 is 2.41 bits per heavy atom. The van der Waals surface area contributed by atoms with Gasteiger partial charge in [0.1, 0.15) is 5.82 Å². The fourth-order valence-corrected chi connectivity index (χ4v) is 2.64. The average Bonchev–Trinajstić information content (AvgIpc) is 3.04. The lowest BCUT2D eigenvalue weighted by atomic mass is 10.1. The number of nitrogens with one attached hydrogen (secondary N) is 2. The molecule has 1 atom stereocenters. The van der Waals surface area contributed by atoms with Crippen molar-refractivity contribution in [3.05, 3.63) is 35.2 Å². The number of amides is 1. The largest absolute Gasteiger partial charge is 0.471 e. The van der Waals surface area contributed by atoms with Crippen LogP contribution in [0.3, 0.4) is 0 Å². The second kappa shape index (κ2) is 9.70. The molecule has 0 spiro atoms. The van der Waals surface area contributed by atoms with E-state index in [4.69, 9.17) is 0 Å². The second-order valence-electron chi connectivity index (χ2n) is 7.88. The third kappa shape index (κ3) is 6.54. The summed E-state index contributed by atoms with van der Waals surface area (Å²) in [4.78, 5) is 16.9. The van der Waals surface area contributed by atoms with E-state index in [0.717, 1.165) is 28.6 Å². The van der Waals surface area contributed by atoms with Crippen LogP contribution in [-0.2, 0) is 7.05 Å². The SMILES string of the molecule is Cc1cc(C(C)NC(=O)c2cc(OCC(F)(F)C(F)(F)F)n(C)n2)cc(NCC(C)C)n1. The van der Waals surface area contributed by atoms with Crippen LogP contribution in [0.5, 0.6) is 5.88 Å². The Kier molecular flexibility index (Phi) is 7.68. The topological polar surface area (TPSA) is 81.1 Å². The van der Waals surface area contributed by atoms with E-state index < -0.39 is 36.5 Å². The van der Waals surface area contributed by atoms with E-state index in [0.29, 0.717) is 11.7 Å². The van der Waals surface area contributed by atoms with Crippen molar-refractivity contribution in [2.24, 2.45) is 13.0 Å². The Balaban J connectivity index is 2.08. The first-order chi connectivity index (χ1) is 14.7. The van der Waals surface area contributed by atoms with E-state index in [1.54, 1.807) is 19.1 Å². The molecule has 2 aromatic rings. The van der Waals surface area contributed by atoms with E-state index >= 15 is 0 Å². The molecule has 0 bridgehead atoms. The van der Waals surface area contributed by atoms with E-state index in [-0.39, 0.29) is 5.69 Å². The fourth-order valence-electron chi connectivity index (χ4n) is 2.64. The molecule has 32 heavy (non-hydrogen) atoms. The summed E-state index contributed by atoms with van der Waals surface area (Å²) < 4.78 is 68.5. The lowest BCUT2D eigenvalue weighted by Gasteiger charge is -2.19. The van der Waals surface area contributed by atoms with Gasteiger partial charge in [-0.15, -0.1) is 0 Å². The summed E-state index contributed by atoms with van der Waals surface area (Å²) in [5.74, 6) is -5.00. The predicted octanol–water partition coefficient (Wildman–Crippen LogP) is 4.26. The number of pyridine rings is 1. The minimum absolute atomic E-state index is 0.186. The van der Waals surface area contributed by atoms with Crippen molar-refractivity contribution < 1.29 is 31.5 Å². The smallest absolute Gasteiger partial charge is 0.456 e. The van der Waals surface area contributed by atoms with Crippen LogP contribution in [0, 0.1) is 12.8 Å². The quantitative estimate of drug-likeness (QED) is 0.544. The van der Waals surface area contributed by atoms with Crippen molar-refractivity contribution in [3.8, 4) is 5.88 Å². The van der Waals surface area contributed by atoms with Crippen LogP contribution in [0.4, 0.5) is 27.8 Å². The monoisotopic (exact) mass is 463 g/mol. The van der Waals surface area contributed by atoms with Crippen molar-refractivity contribution in [2.45, 2.75) is 45.8 Å². The maximum Gasteiger partial charge on any atom is 0.456 e. The molecule has 0 fully saturated rings. The van der Waals surface area contributed by atoms with Gasteiger partial charge >= 0.3 is 12.1 Å². The highest BCUT2D eigenvalue weighted by Crippen LogP contribution is 2.35. The Morgan fingerprint density at radius 1 is 1.16 bits per heavy atom. The van der Waals surface area contributed by atoms with Crippen LogP contribution in [0.25, 0.3) is 0 Å². The molecule has 178 valence electrons. The molecule has 2 heterocycles. The molecule has 1 amide bonds. The summed E-state index contributed by atoms with van der Waals surface area (Å²) in [5, 5.41) is 9.76. The Labute approximate surface area is 182 Å². The summed E-state index contributed by atoms with van der Waals surface area (Å²) in [6, 6.07) is 4.15. The standard InChI is InChI=1S/C20H26F5N5O2/c1-11(2)9-26-16-7-14(6-12(3)27-16)13(4)28-18(31)15-8-17(30(5)29-15)32-10-19(21,22)20(23,24)25/h6-8,11,13H,9-10H2,1-5H3,(H,26,27)(H,28,31). The van der Waals surface area contributed by atoms with E-state index in [9.17, 15) is 26.7 Å². The van der Waals surface area contributed by atoms with Gasteiger partial charge in [-0.2, -0.15) is 27.1 Å². The third-order valence-electron chi connectivity index (χ3n) is 4.40. The average molecular weight is 463 g/mol. The highest BCUT2D eigenvalue weighted by atomic mass is 19.4. The van der Waals surface area contributed by atoms with E-state index in [1.807, 2.05) is 6.92 Å². The number of aromatic nitrogens is 3. The third-order valence-corrected chi connectivity index (χ3v) is 4.40. The van der Waals surface area contributed by atoms with Crippen LogP contribution >= 0.6 is 0 Å². The zero-order valence-electron chi connectivity index (χ0n) is 18.3. The first-order valence-corrected chi connectivity index (χ1v) is 9.84. The molecule has 0 saturated heterocycles. The molecular weight excluding hydrogens is 437 g/mol. The number of nitrogens with zero attached hydrogens (tertiary/aromatic N) is 3. The van der Waals surface area contributed by atoms with Crippen LogP contribution in [-0.4, -0.2) is 45.9 Å². The molecule has 2 N–H and O–H groups in total. The van der Waals surface area contributed by atoms with Gasteiger partial charge in [0.25, 0.3) is 5.91 Å². The highest BCUT2D eigenvalue weighted by molar-refractivity contribution is 5.92. The second-order valence-corrected chi connectivity index (χ2v) is 7.88. The van der Waals surface area contributed by atoms with Crippen molar-refractivity contribution in [2.75, 3.05) is 18.5 Å². The number of hydrogen-bond donors (Lipinski definition) is 2. The number of hydrogen-bond acceptors (Lipinski definition) is 5. The molecule has 0 aliphatic carbocycles. The van der Waals surface area contributed by atoms with Gasteiger partial charge in [0.05, 0.1) is 6.04 Å². The zero-order chi connectivity index (χ0) is 24.3. The molecular formula is C20H26F5N5O2. The van der Waals surface area contributed by atoms with Crippen LogP contribution in [0.1, 0.15) is 48.6 Å².